The van der Waals surface area contributed by atoms with E-state index in [-0.39, 0.29) is 23.7 Å². The van der Waals surface area contributed by atoms with Gasteiger partial charge in [-0.1, -0.05) is 0 Å². The van der Waals surface area contributed by atoms with Crippen LogP contribution in [0.1, 0.15) is 39.0 Å². The van der Waals surface area contributed by atoms with Crippen molar-refractivity contribution in [2.45, 2.75) is 45.1 Å². The molecular formula is C15H28N2O5. The molecule has 0 radical (unpaired) electrons. The van der Waals surface area contributed by atoms with Crippen LogP contribution in [0.15, 0.2) is 0 Å². The third kappa shape index (κ3) is 8.43. The Morgan fingerprint density at radius 3 is 2.18 bits per heavy atom. The Kier molecular flexibility index (Phi) is 9.98. The van der Waals surface area contributed by atoms with Crippen molar-refractivity contribution in [3.63, 3.8) is 0 Å². The Labute approximate surface area is 131 Å². The van der Waals surface area contributed by atoms with Gasteiger partial charge in [-0.3, -0.25) is 9.59 Å². The summed E-state index contributed by atoms with van der Waals surface area (Å²) in [7, 11) is 0. The summed E-state index contributed by atoms with van der Waals surface area (Å²) in [5.41, 5.74) is 0. The first kappa shape index (κ1) is 19.0. The summed E-state index contributed by atoms with van der Waals surface area (Å²) in [6, 6.07) is 0.197. The Morgan fingerprint density at radius 2 is 1.59 bits per heavy atom. The van der Waals surface area contributed by atoms with Gasteiger partial charge in [0.2, 0.25) is 5.91 Å². The monoisotopic (exact) mass is 316 g/mol. The van der Waals surface area contributed by atoms with E-state index in [1.807, 2.05) is 0 Å². The fourth-order valence-corrected chi connectivity index (χ4v) is 2.54. The van der Waals surface area contributed by atoms with Crippen molar-refractivity contribution >= 4 is 11.7 Å². The summed E-state index contributed by atoms with van der Waals surface area (Å²) in [5.74, 6) is 5.30. The number of hydrogen-bond donors (Lipinski definition) is 2. The molecule has 22 heavy (non-hydrogen) atoms. The molecule has 0 unspecified atom stereocenters. The van der Waals surface area contributed by atoms with Gasteiger partial charge in [-0.25, -0.2) is 5.90 Å². The minimum atomic E-state index is 0.00345. The molecule has 0 aliphatic heterocycles. The number of rotatable bonds is 11. The molecule has 7 nitrogen and oxygen atoms in total. The van der Waals surface area contributed by atoms with Crippen LogP contribution in [-0.4, -0.2) is 50.8 Å². The van der Waals surface area contributed by atoms with Gasteiger partial charge < -0.3 is 19.6 Å². The molecule has 0 heterocycles. The number of carbonyl (C=O) groups is 2. The highest BCUT2D eigenvalue weighted by molar-refractivity contribution is 5.78. The third-order valence-corrected chi connectivity index (χ3v) is 3.86. The van der Waals surface area contributed by atoms with Gasteiger partial charge >= 0.3 is 0 Å². The molecular weight excluding hydrogens is 288 g/mol. The molecule has 128 valence electrons. The van der Waals surface area contributed by atoms with Gasteiger partial charge in [0.25, 0.3) is 0 Å². The number of hydrogen-bond acceptors (Lipinski definition) is 6. The van der Waals surface area contributed by atoms with Crippen LogP contribution in [0.25, 0.3) is 0 Å². The maximum absolute atomic E-state index is 11.8. The second kappa shape index (κ2) is 11.5. The number of amides is 1. The molecule has 0 atom stereocenters. The summed E-state index contributed by atoms with van der Waals surface area (Å²) in [6.07, 6.45) is 3.86. The third-order valence-electron chi connectivity index (χ3n) is 3.86. The van der Waals surface area contributed by atoms with E-state index in [2.05, 4.69) is 10.2 Å². The first-order valence-electron chi connectivity index (χ1n) is 7.90. The highest BCUT2D eigenvalue weighted by Gasteiger charge is 2.24. The Bertz CT molecular complexity index is 330. The van der Waals surface area contributed by atoms with Gasteiger partial charge in [-0.2, -0.15) is 0 Å². The lowest BCUT2D eigenvalue weighted by Crippen LogP contribution is -2.38. The lowest BCUT2D eigenvalue weighted by atomic mass is 9.84. The van der Waals surface area contributed by atoms with Crippen LogP contribution >= 0.6 is 0 Å². The zero-order valence-corrected chi connectivity index (χ0v) is 13.3. The largest absolute Gasteiger partial charge is 0.379 e. The predicted octanol–water partition coefficient (Wildman–Crippen LogP) is 0.564. The van der Waals surface area contributed by atoms with Crippen LogP contribution in [0.3, 0.4) is 0 Å². The summed E-state index contributed by atoms with van der Waals surface area (Å²) < 4.78 is 10.5. The van der Waals surface area contributed by atoms with E-state index >= 15 is 0 Å². The molecule has 0 bridgehead atoms. The number of ketones is 1. The van der Waals surface area contributed by atoms with Crippen LogP contribution in [0.4, 0.5) is 0 Å². The fraction of sp³-hybridized carbons (Fsp3) is 0.867. The lowest BCUT2D eigenvalue weighted by molar-refractivity contribution is -0.123. The maximum atomic E-state index is 11.8. The van der Waals surface area contributed by atoms with Crippen LogP contribution < -0.4 is 11.2 Å². The molecule has 0 aromatic rings. The van der Waals surface area contributed by atoms with Gasteiger partial charge in [0.1, 0.15) is 5.78 Å². The number of Topliss-reactive ketones (excluding diaryl/α,β-unsaturated/α-hetero) is 1. The maximum Gasteiger partial charge on any atom is 0.222 e. The molecule has 1 aliphatic carbocycles. The average Bonchev–Trinajstić information content (AvgIpc) is 2.50. The Hall–Kier alpha value is -1.02. The lowest BCUT2D eigenvalue weighted by Gasteiger charge is -2.27. The van der Waals surface area contributed by atoms with Gasteiger partial charge in [0, 0.05) is 18.4 Å². The van der Waals surface area contributed by atoms with Gasteiger partial charge in [0.15, 0.2) is 0 Å². The number of carbonyl (C=O) groups excluding carboxylic acids is 2. The van der Waals surface area contributed by atoms with Gasteiger partial charge in [0.05, 0.1) is 33.0 Å². The van der Waals surface area contributed by atoms with E-state index in [0.29, 0.717) is 39.5 Å². The average molecular weight is 316 g/mol. The van der Waals surface area contributed by atoms with Crippen molar-refractivity contribution < 1.29 is 23.9 Å². The number of ether oxygens (including phenoxy) is 2. The summed E-state index contributed by atoms with van der Waals surface area (Å²) >= 11 is 0. The van der Waals surface area contributed by atoms with Crippen LogP contribution in [0.2, 0.25) is 0 Å². The summed E-state index contributed by atoms with van der Waals surface area (Å²) in [4.78, 5) is 27.4. The van der Waals surface area contributed by atoms with E-state index in [9.17, 15) is 9.59 Å². The summed E-state index contributed by atoms with van der Waals surface area (Å²) in [5, 5.41) is 3.01. The van der Waals surface area contributed by atoms with Crippen molar-refractivity contribution in [3.05, 3.63) is 0 Å². The minimum absolute atomic E-state index is 0.00345. The first-order chi connectivity index (χ1) is 10.6. The van der Waals surface area contributed by atoms with Crippen molar-refractivity contribution in [1.82, 2.24) is 5.32 Å². The van der Waals surface area contributed by atoms with E-state index in [1.165, 1.54) is 0 Å². The topological polar surface area (TPSA) is 99.9 Å². The van der Waals surface area contributed by atoms with E-state index in [4.69, 9.17) is 15.4 Å². The Balaban J connectivity index is 1.97. The molecule has 0 saturated heterocycles. The summed E-state index contributed by atoms with van der Waals surface area (Å²) in [6.45, 7) is 3.72. The zero-order chi connectivity index (χ0) is 16.2. The highest BCUT2D eigenvalue weighted by atomic mass is 16.6. The van der Waals surface area contributed by atoms with E-state index in [0.717, 1.165) is 25.7 Å². The van der Waals surface area contributed by atoms with Crippen LogP contribution in [0.5, 0.6) is 0 Å². The highest BCUT2D eigenvalue weighted by Crippen LogP contribution is 2.24. The second-order valence-electron chi connectivity index (χ2n) is 5.57. The predicted molar refractivity (Wildman–Crippen MR) is 81.0 cm³/mol. The second-order valence-corrected chi connectivity index (χ2v) is 5.57. The molecule has 1 rings (SSSR count). The van der Waals surface area contributed by atoms with Crippen molar-refractivity contribution in [3.8, 4) is 0 Å². The molecule has 1 amide bonds. The van der Waals surface area contributed by atoms with Crippen LogP contribution in [-0.2, 0) is 23.9 Å². The van der Waals surface area contributed by atoms with E-state index < -0.39 is 0 Å². The molecule has 0 aromatic heterocycles. The zero-order valence-electron chi connectivity index (χ0n) is 13.3. The first-order valence-corrected chi connectivity index (χ1v) is 7.90. The Morgan fingerprint density at radius 1 is 1.00 bits per heavy atom. The number of nitrogens with two attached hydrogens (primary N) is 1. The van der Waals surface area contributed by atoms with Crippen molar-refractivity contribution in [2.24, 2.45) is 11.8 Å². The minimum Gasteiger partial charge on any atom is -0.379 e. The van der Waals surface area contributed by atoms with E-state index in [1.54, 1.807) is 6.92 Å². The number of nitrogens with one attached hydrogen (secondary N) is 1. The molecule has 0 aromatic carbocycles. The van der Waals surface area contributed by atoms with Crippen molar-refractivity contribution in [1.29, 1.82) is 0 Å². The molecule has 7 heteroatoms. The fourth-order valence-electron chi connectivity index (χ4n) is 2.54. The molecule has 0 spiro atoms. The van der Waals surface area contributed by atoms with Crippen molar-refractivity contribution in [2.75, 3.05) is 33.0 Å². The molecule has 1 aliphatic rings. The van der Waals surface area contributed by atoms with Crippen LogP contribution in [0, 0.1) is 5.92 Å². The van der Waals surface area contributed by atoms with Gasteiger partial charge in [-0.05, 0) is 32.6 Å². The normalized spacial score (nSPS) is 21.5. The standard InChI is InChI=1S/C15H28N2O5/c1-12(18)13-2-4-14(5-3-13)17-15(19)6-7-20-8-9-21-10-11-22-16/h13-14H,2-11,16H2,1H3,(H,17,19). The SMILES string of the molecule is CC(=O)C1CCC(NC(=O)CCOCCOCCON)CC1. The molecule has 3 N–H and O–H groups in total. The smallest absolute Gasteiger partial charge is 0.222 e. The quantitative estimate of drug-likeness (QED) is 0.427. The molecule has 1 saturated carbocycles. The van der Waals surface area contributed by atoms with Gasteiger partial charge in [-0.15, -0.1) is 0 Å². The molecule has 1 fully saturated rings.